The SMILES string of the molecule is Cc1ccc(NC(=O)COc2ccc3c(-c4ccccc4)cc(=O)oc3c2)c(F)c1. The van der Waals surface area contributed by atoms with Gasteiger partial charge >= 0.3 is 5.63 Å². The molecule has 4 rings (SSSR count). The van der Waals surface area contributed by atoms with Crippen LogP contribution in [0.25, 0.3) is 22.1 Å². The van der Waals surface area contributed by atoms with Gasteiger partial charge in [-0.05, 0) is 47.9 Å². The number of hydrogen-bond donors (Lipinski definition) is 1. The fraction of sp³-hybridized carbons (Fsp3) is 0.0833. The van der Waals surface area contributed by atoms with E-state index in [4.69, 9.17) is 9.15 Å². The molecule has 0 fully saturated rings. The van der Waals surface area contributed by atoms with Gasteiger partial charge in [0.15, 0.2) is 6.61 Å². The zero-order valence-electron chi connectivity index (χ0n) is 16.1. The van der Waals surface area contributed by atoms with E-state index >= 15 is 0 Å². The predicted molar refractivity (Wildman–Crippen MR) is 113 cm³/mol. The Morgan fingerprint density at radius 1 is 1.03 bits per heavy atom. The number of halogens is 1. The van der Waals surface area contributed by atoms with Crippen LogP contribution in [0.5, 0.6) is 5.75 Å². The molecule has 150 valence electrons. The second-order valence-electron chi connectivity index (χ2n) is 6.82. The number of ether oxygens (including phenoxy) is 1. The van der Waals surface area contributed by atoms with Crippen molar-refractivity contribution in [1.82, 2.24) is 0 Å². The number of anilines is 1. The molecule has 1 amide bonds. The van der Waals surface area contributed by atoms with Crippen molar-refractivity contribution in [1.29, 1.82) is 0 Å². The predicted octanol–water partition coefficient (Wildman–Crippen LogP) is 4.93. The molecule has 0 saturated carbocycles. The van der Waals surface area contributed by atoms with Crippen molar-refractivity contribution >= 4 is 22.6 Å². The van der Waals surface area contributed by atoms with E-state index in [1.165, 1.54) is 18.2 Å². The molecule has 4 aromatic rings. The lowest BCUT2D eigenvalue weighted by atomic mass is 10.0. The fourth-order valence-corrected chi connectivity index (χ4v) is 3.15. The number of fused-ring (bicyclic) bond motifs is 1. The summed E-state index contributed by atoms with van der Waals surface area (Å²) in [5, 5.41) is 3.22. The van der Waals surface area contributed by atoms with E-state index in [0.29, 0.717) is 11.3 Å². The third-order valence-corrected chi connectivity index (χ3v) is 4.57. The Bertz CT molecular complexity index is 1280. The molecule has 0 aliphatic rings. The molecule has 3 aromatic carbocycles. The Morgan fingerprint density at radius 3 is 2.60 bits per heavy atom. The molecule has 0 atom stereocenters. The summed E-state index contributed by atoms with van der Waals surface area (Å²) in [7, 11) is 0. The Balaban J connectivity index is 1.53. The maximum Gasteiger partial charge on any atom is 0.336 e. The maximum absolute atomic E-state index is 13.9. The van der Waals surface area contributed by atoms with Gasteiger partial charge in [0.1, 0.15) is 17.1 Å². The average molecular weight is 403 g/mol. The molecule has 30 heavy (non-hydrogen) atoms. The van der Waals surface area contributed by atoms with Crippen LogP contribution >= 0.6 is 0 Å². The zero-order chi connectivity index (χ0) is 21.1. The van der Waals surface area contributed by atoms with Gasteiger partial charge in [-0.15, -0.1) is 0 Å². The molecule has 0 saturated heterocycles. The van der Waals surface area contributed by atoms with Gasteiger partial charge in [-0.3, -0.25) is 4.79 Å². The van der Waals surface area contributed by atoms with Crippen molar-refractivity contribution in [3.05, 3.63) is 94.6 Å². The van der Waals surface area contributed by atoms with Gasteiger partial charge in [0, 0.05) is 17.5 Å². The number of aryl methyl sites for hydroxylation is 1. The second kappa shape index (κ2) is 8.21. The van der Waals surface area contributed by atoms with Crippen molar-refractivity contribution < 1.29 is 18.3 Å². The summed E-state index contributed by atoms with van der Waals surface area (Å²) in [6.45, 7) is 1.44. The minimum Gasteiger partial charge on any atom is -0.484 e. The van der Waals surface area contributed by atoms with Gasteiger partial charge in [-0.1, -0.05) is 36.4 Å². The van der Waals surface area contributed by atoms with Crippen LogP contribution in [0, 0.1) is 12.7 Å². The number of amides is 1. The lowest BCUT2D eigenvalue weighted by molar-refractivity contribution is -0.118. The normalized spacial score (nSPS) is 10.7. The van der Waals surface area contributed by atoms with Crippen LogP contribution in [0.4, 0.5) is 10.1 Å². The first kappa shape index (κ1) is 19.4. The first-order chi connectivity index (χ1) is 14.5. The van der Waals surface area contributed by atoms with Crippen molar-refractivity contribution in [2.24, 2.45) is 0 Å². The number of carbonyl (C=O) groups is 1. The van der Waals surface area contributed by atoms with E-state index in [1.54, 1.807) is 31.2 Å². The number of nitrogens with one attached hydrogen (secondary N) is 1. The van der Waals surface area contributed by atoms with Crippen LogP contribution in [0.2, 0.25) is 0 Å². The summed E-state index contributed by atoms with van der Waals surface area (Å²) in [6.07, 6.45) is 0. The smallest absolute Gasteiger partial charge is 0.336 e. The summed E-state index contributed by atoms with van der Waals surface area (Å²) < 4.78 is 24.7. The van der Waals surface area contributed by atoms with Gasteiger partial charge < -0.3 is 14.5 Å². The molecule has 0 aliphatic heterocycles. The van der Waals surface area contributed by atoms with Crippen LogP contribution in [0.15, 0.2) is 82.0 Å². The summed E-state index contributed by atoms with van der Waals surface area (Å²) >= 11 is 0. The van der Waals surface area contributed by atoms with Gasteiger partial charge in [0.05, 0.1) is 5.69 Å². The second-order valence-corrected chi connectivity index (χ2v) is 6.82. The average Bonchev–Trinajstić information content (AvgIpc) is 2.74. The lowest BCUT2D eigenvalue weighted by Gasteiger charge is -2.10. The van der Waals surface area contributed by atoms with Crippen LogP contribution in [-0.2, 0) is 4.79 Å². The Hall–Kier alpha value is -3.93. The molecule has 0 spiro atoms. The molecule has 1 heterocycles. The molecule has 0 aliphatic carbocycles. The van der Waals surface area contributed by atoms with Crippen molar-refractivity contribution in [2.45, 2.75) is 6.92 Å². The van der Waals surface area contributed by atoms with E-state index in [-0.39, 0.29) is 12.3 Å². The summed E-state index contributed by atoms with van der Waals surface area (Å²) in [4.78, 5) is 24.1. The van der Waals surface area contributed by atoms with Crippen LogP contribution in [0.1, 0.15) is 5.56 Å². The highest BCUT2D eigenvalue weighted by Crippen LogP contribution is 2.29. The van der Waals surface area contributed by atoms with Gasteiger partial charge in [-0.2, -0.15) is 0 Å². The van der Waals surface area contributed by atoms with Gasteiger partial charge in [-0.25, -0.2) is 9.18 Å². The van der Waals surface area contributed by atoms with Crippen molar-refractivity contribution in [3.8, 4) is 16.9 Å². The minimum atomic E-state index is -0.510. The first-order valence-electron chi connectivity index (χ1n) is 9.32. The number of benzene rings is 3. The van der Waals surface area contributed by atoms with Crippen LogP contribution in [0.3, 0.4) is 0 Å². The first-order valence-corrected chi connectivity index (χ1v) is 9.32. The third-order valence-electron chi connectivity index (χ3n) is 4.57. The van der Waals surface area contributed by atoms with Gasteiger partial charge in [0.2, 0.25) is 0 Å². The highest BCUT2D eigenvalue weighted by atomic mass is 19.1. The summed E-state index contributed by atoms with van der Waals surface area (Å²) in [5.41, 5.74) is 2.36. The van der Waals surface area contributed by atoms with E-state index in [1.807, 2.05) is 30.3 Å². The lowest BCUT2D eigenvalue weighted by Crippen LogP contribution is -2.20. The van der Waals surface area contributed by atoms with Crippen LogP contribution < -0.4 is 15.7 Å². The molecule has 1 N–H and O–H groups in total. The molecule has 5 nitrogen and oxygen atoms in total. The monoisotopic (exact) mass is 403 g/mol. The fourth-order valence-electron chi connectivity index (χ4n) is 3.15. The number of rotatable bonds is 5. The molecular weight excluding hydrogens is 385 g/mol. The number of carbonyl (C=O) groups excluding carboxylic acids is 1. The molecule has 0 radical (unpaired) electrons. The quantitative estimate of drug-likeness (QED) is 0.480. The highest BCUT2D eigenvalue weighted by Gasteiger charge is 2.11. The molecule has 6 heteroatoms. The summed E-state index contributed by atoms with van der Waals surface area (Å²) in [6, 6.07) is 20.5. The van der Waals surface area contributed by atoms with Gasteiger partial charge in [0.25, 0.3) is 5.91 Å². The van der Waals surface area contributed by atoms with Crippen molar-refractivity contribution in [3.63, 3.8) is 0 Å². The standard InChI is InChI=1S/C24H18FNO4/c1-15-7-10-21(20(25)11-15)26-23(27)14-29-17-8-9-18-19(16-5-3-2-4-6-16)13-24(28)30-22(18)12-17/h2-13H,14H2,1H3,(H,26,27). The molecular formula is C24H18FNO4. The Morgan fingerprint density at radius 2 is 1.83 bits per heavy atom. The van der Waals surface area contributed by atoms with E-state index < -0.39 is 17.3 Å². The van der Waals surface area contributed by atoms with Crippen molar-refractivity contribution in [2.75, 3.05) is 11.9 Å². The molecule has 0 bridgehead atoms. The van der Waals surface area contributed by atoms with Crippen LogP contribution in [-0.4, -0.2) is 12.5 Å². The topological polar surface area (TPSA) is 68.5 Å². The Labute approximate surface area is 171 Å². The highest BCUT2D eigenvalue weighted by molar-refractivity contribution is 5.94. The minimum absolute atomic E-state index is 0.0891. The molecule has 1 aromatic heterocycles. The Kier molecular flexibility index (Phi) is 5.30. The molecule has 0 unspecified atom stereocenters. The van der Waals surface area contributed by atoms with E-state index in [2.05, 4.69) is 5.32 Å². The number of hydrogen-bond acceptors (Lipinski definition) is 4. The van der Waals surface area contributed by atoms with E-state index in [0.717, 1.165) is 22.1 Å². The third kappa shape index (κ3) is 4.22. The maximum atomic E-state index is 13.9. The largest absolute Gasteiger partial charge is 0.484 e. The van der Waals surface area contributed by atoms with E-state index in [9.17, 15) is 14.0 Å². The zero-order valence-corrected chi connectivity index (χ0v) is 16.1. The summed E-state index contributed by atoms with van der Waals surface area (Å²) in [5.74, 6) is -0.656.